The van der Waals surface area contributed by atoms with Gasteiger partial charge in [0.25, 0.3) is 0 Å². The Kier molecular flexibility index (Phi) is 7.63. The second-order valence-electron chi connectivity index (χ2n) is 8.20. The molecule has 0 amide bonds. The van der Waals surface area contributed by atoms with Crippen molar-refractivity contribution in [2.45, 2.75) is 19.0 Å². The summed E-state index contributed by atoms with van der Waals surface area (Å²) in [4.78, 5) is 8.83. The molecule has 3 aromatic rings. The van der Waals surface area contributed by atoms with Crippen molar-refractivity contribution in [3.63, 3.8) is 0 Å². The quantitative estimate of drug-likeness (QED) is 0.526. The molecule has 176 valence electrons. The van der Waals surface area contributed by atoms with Gasteiger partial charge in [-0.25, -0.2) is 4.39 Å². The topological polar surface area (TPSA) is 72.6 Å². The third kappa shape index (κ3) is 5.31. The van der Waals surface area contributed by atoms with E-state index in [0.29, 0.717) is 29.4 Å². The largest absolute Gasteiger partial charge is 0.491 e. The maximum Gasteiger partial charge on any atom is 0.141 e. The number of aromatic nitrogens is 1. The molecule has 1 fully saturated rings. The van der Waals surface area contributed by atoms with Crippen LogP contribution < -0.4 is 9.64 Å². The van der Waals surface area contributed by atoms with Crippen LogP contribution >= 0.6 is 11.6 Å². The molecule has 8 heteroatoms. The Morgan fingerprint density at radius 2 is 2.00 bits per heavy atom. The van der Waals surface area contributed by atoms with Crippen molar-refractivity contribution in [3.05, 3.63) is 88.5 Å². The molecule has 2 aromatic carbocycles. The maximum atomic E-state index is 13.4. The first-order valence-electron chi connectivity index (χ1n) is 11.2. The van der Waals surface area contributed by atoms with Crippen LogP contribution in [0.25, 0.3) is 0 Å². The first kappa shape index (κ1) is 24.0. The summed E-state index contributed by atoms with van der Waals surface area (Å²) in [6.07, 6.45) is 1.25. The van der Waals surface area contributed by atoms with Gasteiger partial charge in [0.2, 0.25) is 0 Å². The number of aliphatic hydroxyl groups is 1. The van der Waals surface area contributed by atoms with Gasteiger partial charge in [-0.3, -0.25) is 9.88 Å². The average molecular weight is 481 g/mol. The Labute approximate surface area is 203 Å². The first-order valence-corrected chi connectivity index (χ1v) is 11.5. The molecule has 2 heterocycles. The van der Waals surface area contributed by atoms with E-state index >= 15 is 0 Å². The zero-order valence-electron chi connectivity index (χ0n) is 18.9. The van der Waals surface area contributed by atoms with Gasteiger partial charge < -0.3 is 14.7 Å². The van der Waals surface area contributed by atoms with E-state index in [0.717, 1.165) is 23.5 Å². The third-order valence-electron chi connectivity index (χ3n) is 6.15. The van der Waals surface area contributed by atoms with Gasteiger partial charge in [0.05, 0.1) is 35.8 Å². The van der Waals surface area contributed by atoms with Crippen LogP contribution in [-0.2, 0) is 0 Å². The lowest BCUT2D eigenvalue weighted by molar-refractivity contribution is 0.168. The van der Waals surface area contributed by atoms with Gasteiger partial charge in [0.15, 0.2) is 0 Å². The van der Waals surface area contributed by atoms with E-state index in [-0.39, 0.29) is 31.1 Å². The summed E-state index contributed by atoms with van der Waals surface area (Å²) in [6, 6.07) is 18.6. The van der Waals surface area contributed by atoms with Crippen LogP contribution in [-0.4, -0.2) is 47.8 Å². The number of hydrogen-bond acceptors (Lipinski definition) is 6. The highest BCUT2D eigenvalue weighted by atomic mass is 35.5. The van der Waals surface area contributed by atoms with Crippen molar-refractivity contribution < 1.29 is 14.2 Å². The van der Waals surface area contributed by atoms with Crippen LogP contribution in [0.15, 0.2) is 60.8 Å². The normalized spacial score (nSPS) is 17.3. The fourth-order valence-electron chi connectivity index (χ4n) is 4.34. The third-order valence-corrected chi connectivity index (χ3v) is 6.40. The fourth-order valence-corrected chi connectivity index (χ4v) is 4.47. The first-order chi connectivity index (χ1) is 16.5. The number of benzene rings is 2. The summed E-state index contributed by atoms with van der Waals surface area (Å²) in [5.74, 6) is 0.197. The van der Waals surface area contributed by atoms with E-state index in [4.69, 9.17) is 21.4 Å². The maximum absolute atomic E-state index is 13.4. The molecular formula is C26H26ClFN4O2. The summed E-state index contributed by atoms with van der Waals surface area (Å²) < 4.78 is 18.9. The number of piperazine rings is 1. The predicted octanol–water partition coefficient (Wildman–Crippen LogP) is 4.74. The van der Waals surface area contributed by atoms with Crippen LogP contribution in [0.2, 0.25) is 5.02 Å². The minimum absolute atomic E-state index is 0.00208. The van der Waals surface area contributed by atoms with Gasteiger partial charge in [-0.2, -0.15) is 5.26 Å². The Morgan fingerprint density at radius 3 is 2.68 bits per heavy atom. The van der Waals surface area contributed by atoms with E-state index in [1.165, 1.54) is 12.3 Å². The van der Waals surface area contributed by atoms with Crippen LogP contribution in [0.5, 0.6) is 5.75 Å². The molecule has 1 N–H and O–H groups in total. The zero-order valence-corrected chi connectivity index (χ0v) is 19.6. The minimum atomic E-state index is -0.352. The number of nitrogens with zero attached hydrogens (tertiary/aromatic N) is 4. The molecule has 34 heavy (non-hydrogen) atoms. The molecule has 0 saturated carbocycles. The smallest absolute Gasteiger partial charge is 0.141 e. The Morgan fingerprint density at radius 1 is 1.21 bits per heavy atom. The van der Waals surface area contributed by atoms with E-state index in [2.05, 4.69) is 27.8 Å². The second-order valence-corrected chi connectivity index (χ2v) is 8.63. The molecule has 4 rings (SSSR count). The molecule has 1 aliphatic heterocycles. The summed E-state index contributed by atoms with van der Waals surface area (Å²) in [7, 11) is 0. The van der Waals surface area contributed by atoms with Crippen molar-refractivity contribution in [1.29, 1.82) is 5.26 Å². The van der Waals surface area contributed by atoms with Crippen molar-refractivity contribution in [3.8, 4) is 11.8 Å². The van der Waals surface area contributed by atoms with Gasteiger partial charge in [-0.05, 0) is 55.0 Å². The number of hydrogen-bond donors (Lipinski definition) is 1. The van der Waals surface area contributed by atoms with E-state index in [9.17, 15) is 9.65 Å². The standard InChI is InChI=1S/C26H26ClFN4O2/c1-18(24-8-6-22(28)16-30-24)31-10-11-32(26(17-31)19-2-4-21(27)5-3-19)25-9-7-23(34-13-12-33)14-20(25)15-29/h2-9,14,16,18,26,33H,10-13,17H2,1H3/t18-,26+/m1/s1. The van der Waals surface area contributed by atoms with Crippen LogP contribution in [0.1, 0.15) is 35.8 Å². The Balaban J connectivity index is 1.65. The van der Waals surface area contributed by atoms with Crippen LogP contribution in [0, 0.1) is 17.1 Å². The average Bonchev–Trinajstić information content (AvgIpc) is 2.87. The summed E-state index contributed by atoms with van der Waals surface area (Å²) in [5, 5.41) is 19.5. The highest BCUT2D eigenvalue weighted by molar-refractivity contribution is 6.30. The highest BCUT2D eigenvalue weighted by Crippen LogP contribution is 2.36. The van der Waals surface area contributed by atoms with Gasteiger partial charge >= 0.3 is 0 Å². The molecule has 0 bridgehead atoms. The number of rotatable bonds is 7. The number of ether oxygens (including phenoxy) is 1. The molecule has 0 unspecified atom stereocenters. The highest BCUT2D eigenvalue weighted by Gasteiger charge is 2.32. The number of anilines is 1. The zero-order chi connectivity index (χ0) is 24.1. The number of halogens is 2. The number of pyridine rings is 1. The van der Waals surface area contributed by atoms with E-state index < -0.39 is 0 Å². The summed E-state index contributed by atoms with van der Waals surface area (Å²) >= 11 is 6.14. The minimum Gasteiger partial charge on any atom is -0.491 e. The van der Waals surface area contributed by atoms with Crippen LogP contribution in [0.4, 0.5) is 10.1 Å². The van der Waals surface area contributed by atoms with Crippen molar-refractivity contribution in [2.24, 2.45) is 0 Å². The molecule has 6 nitrogen and oxygen atoms in total. The summed E-state index contributed by atoms with van der Waals surface area (Å²) in [5.41, 5.74) is 3.23. The van der Waals surface area contributed by atoms with Gasteiger partial charge in [0.1, 0.15) is 24.2 Å². The predicted molar refractivity (Wildman–Crippen MR) is 129 cm³/mol. The summed E-state index contributed by atoms with van der Waals surface area (Å²) in [6.45, 7) is 4.28. The molecule has 0 spiro atoms. The van der Waals surface area contributed by atoms with Gasteiger partial charge in [-0.15, -0.1) is 0 Å². The SMILES string of the molecule is C[C@H](c1ccc(F)cn1)N1CCN(c2ccc(OCCO)cc2C#N)[C@H](c2ccc(Cl)cc2)C1. The lowest BCUT2D eigenvalue weighted by Gasteiger charge is -2.45. The Bertz CT molecular complexity index is 1150. The van der Waals surface area contributed by atoms with Gasteiger partial charge in [-0.1, -0.05) is 23.7 Å². The van der Waals surface area contributed by atoms with Gasteiger partial charge in [0, 0.05) is 30.7 Å². The molecule has 0 radical (unpaired) electrons. The second kappa shape index (κ2) is 10.8. The fraction of sp³-hybridized carbons (Fsp3) is 0.308. The molecule has 1 aliphatic rings. The lowest BCUT2D eigenvalue weighted by Crippen LogP contribution is -2.49. The van der Waals surface area contributed by atoms with Crippen molar-refractivity contribution in [1.82, 2.24) is 9.88 Å². The monoisotopic (exact) mass is 480 g/mol. The molecule has 2 atom stereocenters. The number of nitriles is 1. The Hall–Kier alpha value is -3.18. The number of aliphatic hydroxyl groups excluding tert-OH is 1. The van der Waals surface area contributed by atoms with E-state index in [1.54, 1.807) is 12.1 Å². The molecule has 0 aliphatic carbocycles. The van der Waals surface area contributed by atoms with Crippen molar-refractivity contribution in [2.75, 3.05) is 37.7 Å². The molecular weight excluding hydrogens is 455 g/mol. The molecule has 1 aromatic heterocycles. The van der Waals surface area contributed by atoms with E-state index in [1.807, 2.05) is 36.4 Å². The molecule has 1 saturated heterocycles. The van der Waals surface area contributed by atoms with Crippen molar-refractivity contribution >= 4 is 17.3 Å². The van der Waals surface area contributed by atoms with Crippen LogP contribution in [0.3, 0.4) is 0 Å². The lowest BCUT2D eigenvalue weighted by atomic mass is 9.98.